The van der Waals surface area contributed by atoms with Crippen molar-refractivity contribution < 1.29 is 9.18 Å². The number of amides is 1. The maximum absolute atomic E-state index is 13.3. The molecule has 1 heterocycles. The number of benzene rings is 1. The second-order valence-electron chi connectivity index (χ2n) is 3.27. The molecular weight excluding hydrogens is 227 g/mol. The van der Waals surface area contributed by atoms with Crippen molar-refractivity contribution in [1.29, 1.82) is 0 Å². The Morgan fingerprint density at radius 2 is 2.19 bits per heavy atom. The van der Waals surface area contributed by atoms with Gasteiger partial charge in [-0.2, -0.15) is 4.37 Å². The van der Waals surface area contributed by atoms with Gasteiger partial charge >= 0.3 is 0 Å². The van der Waals surface area contributed by atoms with Crippen LogP contribution in [-0.4, -0.2) is 10.3 Å². The molecular formula is C11H9FN2OS. The van der Waals surface area contributed by atoms with Crippen LogP contribution in [0.1, 0.15) is 16.1 Å². The van der Waals surface area contributed by atoms with Crippen molar-refractivity contribution >= 4 is 22.4 Å². The van der Waals surface area contributed by atoms with E-state index in [1.165, 1.54) is 23.7 Å². The molecule has 0 aliphatic carbocycles. The highest BCUT2D eigenvalue weighted by Gasteiger charge is 2.11. The molecule has 5 heteroatoms. The Balaban J connectivity index is 2.18. The van der Waals surface area contributed by atoms with Crippen molar-refractivity contribution in [2.45, 2.75) is 6.92 Å². The van der Waals surface area contributed by atoms with E-state index in [-0.39, 0.29) is 5.56 Å². The van der Waals surface area contributed by atoms with Crippen LogP contribution in [-0.2, 0) is 0 Å². The van der Waals surface area contributed by atoms with Gasteiger partial charge in [0.15, 0.2) is 0 Å². The van der Waals surface area contributed by atoms with Crippen molar-refractivity contribution in [3.05, 3.63) is 47.4 Å². The number of halogens is 1. The Kier molecular flexibility index (Phi) is 2.96. The van der Waals surface area contributed by atoms with Crippen LogP contribution >= 0.6 is 11.5 Å². The van der Waals surface area contributed by atoms with E-state index in [0.717, 1.165) is 5.69 Å². The van der Waals surface area contributed by atoms with Gasteiger partial charge in [-0.05, 0) is 36.7 Å². The summed E-state index contributed by atoms with van der Waals surface area (Å²) >= 11 is 1.17. The summed E-state index contributed by atoms with van der Waals surface area (Å²) in [7, 11) is 0. The van der Waals surface area contributed by atoms with E-state index in [0.29, 0.717) is 5.00 Å². The molecule has 0 saturated heterocycles. The summed E-state index contributed by atoms with van der Waals surface area (Å²) < 4.78 is 17.3. The number of carbonyl (C=O) groups is 1. The Morgan fingerprint density at radius 1 is 1.44 bits per heavy atom. The number of hydrogen-bond acceptors (Lipinski definition) is 3. The molecule has 0 fully saturated rings. The zero-order valence-corrected chi connectivity index (χ0v) is 9.34. The molecule has 0 aliphatic heterocycles. The second-order valence-corrected chi connectivity index (χ2v) is 4.07. The highest BCUT2D eigenvalue weighted by molar-refractivity contribution is 7.10. The van der Waals surface area contributed by atoms with E-state index in [4.69, 9.17) is 0 Å². The van der Waals surface area contributed by atoms with Crippen LogP contribution in [0.15, 0.2) is 30.3 Å². The largest absolute Gasteiger partial charge is 0.312 e. The summed E-state index contributed by atoms with van der Waals surface area (Å²) in [5, 5.41) is 3.21. The minimum atomic E-state index is -0.527. The molecule has 1 amide bonds. The van der Waals surface area contributed by atoms with Crippen LogP contribution in [0, 0.1) is 12.7 Å². The molecule has 2 aromatic rings. The van der Waals surface area contributed by atoms with Gasteiger partial charge in [-0.1, -0.05) is 12.1 Å². The highest BCUT2D eigenvalue weighted by Crippen LogP contribution is 2.17. The maximum atomic E-state index is 13.3. The number of carbonyl (C=O) groups excluding carboxylic acids is 1. The lowest BCUT2D eigenvalue weighted by Gasteiger charge is -2.02. The van der Waals surface area contributed by atoms with Crippen LogP contribution in [0.4, 0.5) is 9.39 Å². The lowest BCUT2D eigenvalue weighted by atomic mass is 10.2. The van der Waals surface area contributed by atoms with Crippen molar-refractivity contribution in [3.8, 4) is 0 Å². The molecule has 0 radical (unpaired) electrons. The van der Waals surface area contributed by atoms with Crippen LogP contribution in [0.2, 0.25) is 0 Å². The minimum absolute atomic E-state index is 0.0357. The molecule has 0 atom stereocenters. The van der Waals surface area contributed by atoms with Gasteiger partial charge in [-0.25, -0.2) is 4.39 Å². The van der Waals surface area contributed by atoms with Crippen LogP contribution < -0.4 is 5.32 Å². The van der Waals surface area contributed by atoms with Gasteiger partial charge in [-0.15, -0.1) is 0 Å². The van der Waals surface area contributed by atoms with E-state index in [1.54, 1.807) is 18.2 Å². The number of anilines is 1. The predicted octanol–water partition coefficient (Wildman–Crippen LogP) is 2.84. The van der Waals surface area contributed by atoms with Gasteiger partial charge in [0.25, 0.3) is 5.91 Å². The number of nitrogens with one attached hydrogen (secondary N) is 1. The number of hydrogen-bond donors (Lipinski definition) is 1. The summed E-state index contributed by atoms with van der Waals surface area (Å²) in [6.45, 7) is 1.83. The third-order valence-electron chi connectivity index (χ3n) is 1.98. The third-order valence-corrected chi connectivity index (χ3v) is 2.78. The normalized spacial score (nSPS) is 10.1. The van der Waals surface area contributed by atoms with Crippen LogP contribution in [0.5, 0.6) is 0 Å². The summed E-state index contributed by atoms with van der Waals surface area (Å²) in [6.07, 6.45) is 0. The van der Waals surface area contributed by atoms with Gasteiger partial charge in [0.1, 0.15) is 10.8 Å². The number of nitrogens with zero attached hydrogens (tertiary/aromatic N) is 1. The molecule has 1 N–H and O–H groups in total. The molecule has 0 unspecified atom stereocenters. The molecule has 2 rings (SSSR count). The first kappa shape index (κ1) is 10.8. The van der Waals surface area contributed by atoms with Gasteiger partial charge < -0.3 is 5.32 Å². The fraction of sp³-hybridized carbons (Fsp3) is 0.0909. The molecule has 0 aliphatic rings. The Morgan fingerprint density at radius 3 is 2.81 bits per heavy atom. The molecule has 0 saturated carbocycles. The fourth-order valence-corrected chi connectivity index (χ4v) is 1.90. The molecule has 3 nitrogen and oxygen atoms in total. The van der Waals surface area contributed by atoms with Crippen LogP contribution in [0.3, 0.4) is 0 Å². The van der Waals surface area contributed by atoms with Crippen molar-refractivity contribution in [2.75, 3.05) is 5.32 Å². The topological polar surface area (TPSA) is 42.0 Å². The van der Waals surface area contributed by atoms with Crippen molar-refractivity contribution in [2.24, 2.45) is 0 Å². The molecule has 82 valence electrons. The zero-order valence-electron chi connectivity index (χ0n) is 8.53. The number of aryl methyl sites for hydroxylation is 1. The standard InChI is InChI=1S/C11H9FN2OS/c1-7-6-10(16-14-7)13-11(15)8-4-2-3-5-9(8)12/h2-6H,1H3,(H,13,15). The maximum Gasteiger partial charge on any atom is 0.259 e. The minimum Gasteiger partial charge on any atom is -0.312 e. The monoisotopic (exact) mass is 236 g/mol. The Bertz CT molecular complexity index is 524. The van der Waals surface area contributed by atoms with Gasteiger partial charge in [0, 0.05) is 0 Å². The summed E-state index contributed by atoms with van der Waals surface area (Å²) in [5.74, 6) is -0.983. The fourth-order valence-electron chi connectivity index (χ4n) is 1.25. The SMILES string of the molecule is Cc1cc(NC(=O)c2ccccc2F)sn1. The lowest BCUT2D eigenvalue weighted by molar-refractivity contribution is 0.102. The average Bonchev–Trinajstić information content (AvgIpc) is 2.64. The summed E-state index contributed by atoms with van der Waals surface area (Å²) in [5.41, 5.74) is 0.863. The lowest BCUT2D eigenvalue weighted by Crippen LogP contribution is -2.12. The first-order valence-corrected chi connectivity index (χ1v) is 5.43. The first-order valence-electron chi connectivity index (χ1n) is 4.66. The smallest absolute Gasteiger partial charge is 0.259 e. The van der Waals surface area contributed by atoms with Crippen molar-refractivity contribution in [3.63, 3.8) is 0 Å². The second kappa shape index (κ2) is 4.40. The van der Waals surface area contributed by atoms with Gasteiger partial charge in [0.05, 0.1) is 11.3 Å². The van der Waals surface area contributed by atoms with E-state index in [9.17, 15) is 9.18 Å². The summed E-state index contributed by atoms with van der Waals surface area (Å²) in [4.78, 5) is 11.7. The van der Waals surface area contributed by atoms with Crippen molar-refractivity contribution in [1.82, 2.24) is 4.37 Å². The van der Waals surface area contributed by atoms with E-state index in [2.05, 4.69) is 9.69 Å². The third kappa shape index (κ3) is 2.25. The Hall–Kier alpha value is -1.75. The van der Waals surface area contributed by atoms with Crippen LogP contribution in [0.25, 0.3) is 0 Å². The number of rotatable bonds is 2. The first-order chi connectivity index (χ1) is 7.66. The van der Waals surface area contributed by atoms with E-state index in [1.807, 2.05) is 6.92 Å². The number of aromatic nitrogens is 1. The van der Waals surface area contributed by atoms with E-state index >= 15 is 0 Å². The Labute approximate surface area is 96.1 Å². The highest BCUT2D eigenvalue weighted by atomic mass is 32.1. The van der Waals surface area contributed by atoms with Gasteiger partial charge in [-0.3, -0.25) is 4.79 Å². The van der Waals surface area contributed by atoms with Gasteiger partial charge in [0.2, 0.25) is 0 Å². The molecule has 16 heavy (non-hydrogen) atoms. The quantitative estimate of drug-likeness (QED) is 0.871. The predicted molar refractivity (Wildman–Crippen MR) is 61.2 cm³/mol. The van der Waals surface area contributed by atoms with E-state index < -0.39 is 11.7 Å². The molecule has 1 aromatic heterocycles. The molecule has 0 spiro atoms. The average molecular weight is 236 g/mol. The zero-order chi connectivity index (χ0) is 11.5. The molecule has 1 aromatic carbocycles. The molecule has 0 bridgehead atoms. The summed E-state index contributed by atoms with van der Waals surface area (Å²) in [6, 6.07) is 7.60.